The van der Waals surface area contributed by atoms with Crippen molar-refractivity contribution in [1.82, 2.24) is 10.2 Å². The molecule has 0 atom stereocenters. The first-order valence-corrected chi connectivity index (χ1v) is 7.51. The molecule has 21 heavy (non-hydrogen) atoms. The Balaban J connectivity index is 1.78. The van der Waals surface area contributed by atoms with Crippen LogP contribution >= 0.6 is 0 Å². The number of piperidine rings is 2. The standard InChI is InChI=1S/C16H20F2N2O/c17-13-2-1-3-14(18)12(13)10-20-11-16(5-4-15(20)21)6-8-19-9-7-16/h1-3,19H,4-11H2. The van der Waals surface area contributed by atoms with Crippen LogP contribution in [0.5, 0.6) is 0 Å². The zero-order valence-corrected chi connectivity index (χ0v) is 12.0. The molecule has 2 aliphatic heterocycles. The first-order valence-electron chi connectivity index (χ1n) is 7.51. The first-order chi connectivity index (χ1) is 10.1. The molecule has 0 aromatic heterocycles. The number of hydrogen-bond acceptors (Lipinski definition) is 2. The highest BCUT2D eigenvalue weighted by Crippen LogP contribution is 2.39. The topological polar surface area (TPSA) is 32.3 Å². The Hall–Kier alpha value is -1.49. The number of likely N-dealkylation sites (tertiary alicyclic amines) is 1. The number of nitrogens with zero attached hydrogens (tertiary/aromatic N) is 1. The summed E-state index contributed by atoms with van der Waals surface area (Å²) < 4.78 is 27.6. The molecule has 1 aromatic rings. The summed E-state index contributed by atoms with van der Waals surface area (Å²) in [5.41, 5.74) is 0.123. The summed E-state index contributed by atoms with van der Waals surface area (Å²) >= 11 is 0. The minimum absolute atomic E-state index is 0.00168. The lowest BCUT2D eigenvalue weighted by Gasteiger charge is -2.45. The Labute approximate surface area is 123 Å². The van der Waals surface area contributed by atoms with Gasteiger partial charge in [-0.25, -0.2) is 8.78 Å². The Bertz CT molecular complexity index is 521. The average molecular weight is 294 g/mol. The lowest BCUT2D eigenvalue weighted by Crippen LogP contribution is -2.50. The molecule has 3 rings (SSSR count). The summed E-state index contributed by atoms with van der Waals surface area (Å²) in [6.07, 6.45) is 3.42. The second-order valence-electron chi connectivity index (χ2n) is 6.20. The first kappa shape index (κ1) is 14.4. The molecule has 3 nitrogen and oxygen atoms in total. The Kier molecular flexibility index (Phi) is 3.93. The monoisotopic (exact) mass is 294 g/mol. The van der Waals surface area contributed by atoms with Gasteiger partial charge in [0.25, 0.3) is 0 Å². The smallest absolute Gasteiger partial charge is 0.222 e. The minimum atomic E-state index is -0.576. The van der Waals surface area contributed by atoms with Crippen LogP contribution in [0, 0.1) is 17.0 Å². The number of benzene rings is 1. The molecule has 5 heteroatoms. The van der Waals surface area contributed by atoms with Crippen LogP contribution in [0.25, 0.3) is 0 Å². The van der Waals surface area contributed by atoms with Crippen LogP contribution in [0.3, 0.4) is 0 Å². The van der Waals surface area contributed by atoms with E-state index in [4.69, 9.17) is 0 Å². The van der Waals surface area contributed by atoms with E-state index in [1.165, 1.54) is 18.2 Å². The van der Waals surface area contributed by atoms with Gasteiger partial charge in [0.15, 0.2) is 0 Å². The van der Waals surface area contributed by atoms with Crippen molar-refractivity contribution in [1.29, 1.82) is 0 Å². The molecule has 2 saturated heterocycles. The number of halogens is 2. The van der Waals surface area contributed by atoms with Crippen molar-refractivity contribution < 1.29 is 13.6 Å². The summed E-state index contributed by atoms with van der Waals surface area (Å²) in [6.45, 7) is 2.56. The summed E-state index contributed by atoms with van der Waals surface area (Å²) in [5, 5.41) is 3.33. The largest absolute Gasteiger partial charge is 0.338 e. The molecule has 0 unspecified atom stereocenters. The van der Waals surface area contributed by atoms with Gasteiger partial charge in [-0.1, -0.05) is 6.07 Å². The van der Waals surface area contributed by atoms with Gasteiger partial charge < -0.3 is 10.2 Å². The molecule has 2 aliphatic rings. The van der Waals surface area contributed by atoms with Crippen LogP contribution in [0.4, 0.5) is 8.78 Å². The number of nitrogens with one attached hydrogen (secondary N) is 1. The number of carbonyl (C=O) groups is 1. The van der Waals surface area contributed by atoms with E-state index < -0.39 is 11.6 Å². The zero-order chi connectivity index (χ0) is 14.9. The Morgan fingerprint density at radius 1 is 1.14 bits per heavy atom. The van der Waals surface area contributed by atoms with Gasteiger partial charge in [-0.05, 0) is 49.9 Å². The van der Waals surface area contributed by atoms with Gasteiger partial charge in [-0.15, -0.1) is 0 Å². The lowest BCUT2D eigenvalue weighted by molar-refractivity contribution is -0.139. The molecule has 114 valence electrons. The molecule has 2 heterocycles. The molecule has 1 aromatic carbocycles. The second kappa shape index (κ2) is 5.72. The summed E-state index contributed by atoms with van der Waals surface area (Å²) in [6, 6.07) is 3.83. The molecule has 1 amide bonds. The summed E-state index contributed by atoms with van der Waals surface area (Å²) in [4.78, 5) is 13.7. The Morgan fingerprint density at radius 3 is 2.48 bits per heavy atom. The van der Waals surface area contributed by atoms with Crippen LogP contribution < -0.4 is 5.32 Å². The van der Waals surface area contributed by atoms with Crippen LogP contribution in [0.15, 0.2) is 18.2 Å². The van der Waals surface area contributed by atoms with E-state index in [0.29, 0.717) is 13.0 Å². The normalized spacial score (nSPS) is 21.8. The van der Waals surface area contributed by atoms with E-state index in [-0.39, 0.29) is 23.4 Å². The summed E-state index contributed by atoms with van der Waals surface area (Å²) in [7, 11) is 0. The highest BCUT2D eigenvalue weighted by atomic mass is 19.1. The van der Waals surface area contributed by atoms with E-state index in [2.05, 4.69) is 5.32 Å². The van der Waals surface area contributed by atoms with Crippen LogP contribution in [-0.4, -0.2) is 30.4 Å². The SMILES string of the molecule is O=C1CCC2(CCNCC2)CN1Cc1c(F)cccc1F. The van der Waals surface area contributed by atoms with E-state index in [1.54, 1.807) is 4.90 Å². The van der Waals surface area contributed by atoms with Gasteiger partial charge in [-0.2, -0.15) is 0 Å². The Morgan fingerprint density at radius 2 is 1.81 bits per heavy atom. The van der Waals surface area contributed by atoms with Crippen LogP contribution in [-0.2, 0) is 11.3 Å². The second-order valence-corrected chi connectivity index (χ2v) is 6.20. The highest BCUT2D eigenvalue weighted by molar-refractivity contribution is 5.77. The van der Waals surface area contributed by atoms with Crippen molar-refractivity contribution in [3.8, 4) is 0 Å². The number of rotatable bonds is 2. The molecule has 2 fully saturated rings. The van der Waals surface area contributed by atoms with E-state index in [9.17, 15) is 13.6 Å². The fourth-order valence-electron chi connectivity index (χ4n) is 3.49. The predicted molar refractivity (Wildman–Crippen MR) is 75.5 cm³/mol. The lowest BCUT2D eigenvalue weighted by atomic mass is 9.72. The van der Waals surface area contributed by atoms with E-state index >= 15 is 0 Å². The summed E-state index contributed by atoms with van der Waals surface area (Å²) in [5.74, 6) is -1.15. The molecular weight excluding hydrogens is 274 g/mol. The van der Waals surface area contributed by atoms with Gasteiger partial charge in [0.1, 0.15) is 11.6 Å². The fraction of sp³-hybridized carbons (Fsp3) is 0.562. The highest BCUT2D eigenvalue weighted by Gasteiger charge is 2.39. The maximum absolute atomic E-state index is 13.8. The van der Waals surface area contributed by atoms with Crippen molar-refractivity contribution in [2.45, 2.75) is 32.2 Å². The third-order valence-electron chi connectivity index (χ3n) is 4.82. The molecule has 0 bridgehead atoms. The van der Waals surface area contributed by atoms with Crippen molar-refractivity contribution in [2.75, 3.05) is 19.6 Å². The molecule has 0 saturated carbocycles. The maximum Gasteiger partial charge on any atom is 0.222 e. The van der Waals surface area contributed by atoms with E-state index in [0.717, 1.165) is 32.4 Å². The number of amides is 1. The number of hydrogen-bond donors (Lipinski definition) is 1. The number of carbonyl (C=O) groups excluding carboxylic acids is 1. The van der Waals surface area contributed by atoms with Gasteiger partial charge in [0.05, 0.1) is 6.54 Å². The van der Waals surface area contributed by atoms with Gasteiger partial charge in [0.2, 0.25) is 5.91 Å². The fourth-order valence-corrected chi connectivity index (χ4v) is 3.49. The van der Waals surface area contributed by atoms with Crippen molar-refractivity contribution in [3.63, 3.8) is 0 Å². The maximum atomic E-state index is 13.8. The molecular formula is C16H20F2N2O. The minimum Gasteiger partial charge on any atom is -0.338 e. The molecule has 0 aliphatic carbocycles. The van der Waals surface area contributed by atoms with Crippen molar-refractivity contribution >= 4 is 5.91 Å². The van der Waals surface area contributed by atoms with Gasteiger partial charge in [0, 0.05) is 18.5 Å². The molecule has 1 spiro atoms. The van der Waals surface area contributed by atoms with Crippen molar-refractivity contribution in [3.05, 3.63) is 35.4 Å². The van der Waals surface area contributed by atoms with Crippen LogP contribution in [0.1, 0.15) is 31.2 Å². The molecule has 0 radical (unpaired) electrons. The van der Waals surface area contributed by atoms with E-state index in [1.807, 2.05) is 0 Å². The third-order valence-corrected chi connectivity index (χ3v) is 4.82. The van der Waals surface area contributed by atoms with Crippen LogP contribution in [0.2, 0.25) is 0 Å². The van der Waals surface area contributed by atoms with Gasteiger partial charge >= 0.3 is 0 Å². The predicted octanol–water partition coefficient (Wildman–Crippen LogP) is 2.46. The molecule has 1 N–H and O–H groups in total. The third kappa shape index (κ3) is 2.93. The zero-order valence-electron chi connectivity index (χ0n) is 12.0. The van der Waals surface area contributed by atoms with Crippen molar-refractivity contribution in [2.24, 2.45) is 5.41 Å². The van der Waals surface area contributed by atoms with Gasteiger partial charge in [-0.3, -0.25) is 4.79 Å². The quantitative estimate of drug-likeness (QED) is 0.909. The average Bonchev–Trinajstić information content (AvgIpc) is 2.48.